The van der Waals surface area contributed by atoms with Gasteiger partial charge >= 0.3 is 0 Å². The molecule has 0 bridgehead atoms. The van der Waals surface area contributed by atoms with Crippen molar-refractivity contribution in [3.63, 3.8) is 0 Å². The molecule has 1 unspecified atom stereocenters. The van der Waals surface area contributed by atoms with Gasteiger partial charge in [0, 0.05) is 18.6 Å². The Labute approximate surface area is 85.8 Å². The van der Waals surface area contributed by atoms with Crippen LogP contribution in [0.1, 0.15) is 27.2 Å². The van der Waals surface area contributed by atoms with Gasteiger partial charge < -0.3 is 11.1 Å². The number of hydrogen-bond acceptors (Lipinski definition) is 3. The molecule has 0 aromatic rings. The summed E-state index contributed by atoms with van der Waals surface area (Å²) in [5.74, 6) is 0.122. The highest BCUT2D eigenvalue weighted by molar-refractivity contribution is 5.82. The summed E-state index contributed by atoms with van der Waals surface area (Å²) >= 11 is 0. The molecule has 0 aromatic heterocycles. The van der Waals surface area contributed by atoms with Crippen molar-refractivity contribution in [2.24, 2.45) is 5.73 Å². The van der Waals surface area contributed by atoms with Crippen LogP contribution in [0.15, 0.2) is 0 Å². The van der Waals surface area contributed by atoms with Crippen LogP contribution in [-0.2, 0) is 4.79 Å². The third-order valence-electron chi connectivity index (χ3n) is 2.63. The van der Waals surface area contributed by atoms with Crippen LogP contribution < -0.4 is 11.1 Å². The number of nitrogens with two attached hydrogens (primary N) is 1. The van der Waals surface area contributed by atoms with Crippen LogP contribution in [0.25, 0.3) is 0 Å². The van der Waals surface area contributed by atoms with Gasteiger partial charge in [-0.1, -0.05) is 0 Å². The lowest BCUT2D eigenvalue weighted by atomic mass is 9.98. The predicted octanol–water partition coefficient (Wildman–Crippen LogP) is -0.0659. The van der Waals surface area contributed by atoms with Crippen molar-refractivity contribution in [2.45, 2.75) is 38.8 Å². The zero-order chi connectivity index (χ0) is 10.8. The van der Waals surface area contributed by atoms with Gasteiger partial charge in [-0.25, -0.2) is 0 Å². The second kappa shape index (κ2) is 4.28. The summed E-state index contributed by atoms with van der Waals surface area (Å²) in [5.41, 5.74) is 5.56. The third kappa shape index (κ3) is 2.45. The number of rotatable bonds is 2. The fraction of sp³-hybridized carbons (Fsp3) is 0.900. The van der Waals surface area contributed by atoms with Crippen molar-refractivity contribution in [3.05, 3.63) is 0 Å². The summed E-state index contributed by atoms with van der Waals surface area (Å²) in [6.07, 6.45) is 0.739. The number of amides is 1. The molecular formula is C10H21N3O. The van der Waals surface area contributed by atoms with Crippen LogP contribution in [0.2, 0.25) is 0 Å². The Morgan fingerprint density at radius 1 is 1.57 bits per heavy atom. The molecule has 1 rings (SSSR count). The standard InChI is InChI=1S/C10H21N3O/c1-10(2,3)13-7-6-12-9(14)8(13)4-5-11/h8H,4-7,11H2,1-3H3,(H,12,14). The van der Waals surface area contributed by atoms with Gasteiger partial charge in [0.2, 0.25) is 5.91 Å². The molecule has 0 radical (unpaired) electrons. The molecule has 1 fully saturated rings. The third-order valence-corrected chi connectivity index (χ3v) is 2.63. The molecule has 0 spiro atoms. The fourth-order valence-electron chi connectivity index (χ4n) is 1.96. The number of nitrogens with one attached hydrogen (secondary N) is 1. The maximum absolute atomic E-state index is 11.6. The summed E-state index contributed by atoms with van der Waals surface area (Å²) in [6.45, 7) is 8.63. The van der Waals surface area contributed by atoms with Crippen molar-refractivity contribution < 1.29 is 4.79 Å². The van der Waals surface area contributed by atoms with E-state index in [1.165, 1.54) is 0 Å². The molecule has 14 heavy (non-hydrogen) atoms. The average molecular weight is 199 g/mol. The quantitative estimate of drug-likeness (QED) is 0.655. The largest absolute Gasteiger partial charge is 0.353 e. The molecule has 3 N–H and O–H groups in total. The Morgan fingerprint density at radius 2 is 2.21 bits per heavy atom. The van der Waals surface area contributed by atoms with Gasteiger partial charge in [0.05, 0.1) is 6.04 Å². The lowest BCUT2D eigenvalue weighted by Gasteiger charge is -2.43. The van der Waals surface area contributed by atoms with Gasteiger partial charge in [-0.15, -0.1) is 0 Å². The number of piperazine rings is 1. The van der Waals surface area contributed by atoms with E-state index in [-0.39, 0.29) is 17.5 Å². The van der Waals surface area contributed by atoms with Gasteiger partial charge in [-0.2, -0.15) is 0 Å². The SMILES string of the molecule is CC(C)(C)N1CCNC(=O)C1CCN. The zero-order valence-electron chi connectivity index (χ0n) is 9.34. The Morgan fingerprint density at radius 3 is 2.71 bits per heavy atom. The summed E-state index contributed by atoms with van der Waals surface area (Å²) in [4.78, 5) is 13.9. The molecule has 4 nitrogen and oxygen atoms in total. The van der Waals surface area contributed by atoms with E-state index < -0.39 is 0 Å². The minimum absolute atomic E-state index is 0.0393. The first-order valence-corrected chi connectivity index (χ1v) is 5.21. The summed E-state index contributed by atoms with van der Waals surface area (Å²) in [6, 6.07) is -0.0475. The first-order valence-electron chi connectivity index (χ1n) is 5.21. The number of hydrogen-bond donors (Lipinski definition) is 2. The number of nitrogens with zero attached hydrogens (tertiary/aromatic N) is 1. The highest BCUT2D eigenvalue weighted by atomic mass is 16.2. The van der Waals surface area contributed by atoms with E-state index in [1.807, 2.05) is 0 Å². The van der Waals surface area contributed by atoms with Crippen molar-refractivity contribution in [1.82, 2.24) is 10.2 Å². The van der Waals surface area contributed by atoms with E-state index in [2.05, 4.69) is 31.0 Å². The predicted molar refractivity (Wildman–Crippen MR) is 56.9 cm³/mol. The Hall–Kier alpha value is -0.610. The van der Waals surface area contributed by atoms with Crippen molar-refractivity contribution in [2.75, 3.05) is 19.6 Å². The average Bonchev–Trinajstić information content (AvgIpc) is 2.07. The van der Waals surface area contributed by atoms with Crippen molar-refractivity contribution in [3.8, 4) is 0 Å². The van der Waals surface area contributed by atoms with Crippen LogP contribution >= 0.6 is 0 Å². The zero-order valence-corrected chi connectivity index (χ0v) is 9.34. The van der Waals surface area contributed by atoms with E-state index in [4.69, 9.17) is 5.73 Å². The minimum Gasteiger partial charge on any atom is -0.353 e. The molecule has 1 aliphatic heterocycles. The summed E-state index contributed by atoms with van der Waals surface area (Å²) < 4.78 is 0. The highest BCUT2D eigenvalue weighted by Gasteiger charge is 2.35. The van der Waals surface area contributed by atoms with Gasteiger partial charge in [0.25, 0.3) is 0 Å². The van der Waals surface area contributed by atoms with E-state index in [9.17, 15) is 4.79 Å². The summed E-state index contributed by atoms with van der Waals surface area (Å²) in [7, 11) is 0. The lowest BCUT2D eigenvalue weighted by Crippen LogP contribution is -2.61. The molecule has 4 heteroatoms. The van der Waals surface area contributed by atoms with E-state index in [0.717, 1.165) is 19.5 Å². The molecule has 1 saturated heterocycles. The maximum Gasteiger partial charge on any atom is 0.237 e. The van der Waals surface area contributed by atoms with Gasteiger partial charge in [0.15, 0.2) is 0 Å². The normalized spacial score (nSPS) is 24.9. The monoisotopic (exact) mass is 199 g/mol. The first-order chi connectivity index (χ1) is 6.46. The Kier molecular flexibility index (Phi) is 3.50. The fourth-order valence-corrected chi connectivity index (χ4v) is 1.96. The van der Waals surface area contributed by atoms with Gasteiger partial charge in [-0.3, -0.25) is 9.69 Å². The maximum atomic E-state index is 11.6. The van der Waals surface area contributed by atoms with E-state index >= 15 is 0 Å². The summed E-state index contributed by atoms with van der Waals surface area (Å²) in [5, 5.41) is 2.88. The molecule has 0 aromatic carbocycles. The molecule has 0 saturated carbocycles. The Balaban J connectivity index is 2.74. The van der Waals surface area contributed by atoms with Gasteiger partial charge in [0.1, 0.15) is 0 Å². The Bertz CT molecular complexity index is 210. The van der Waals surface area contributed by atoms with E-state index in [0.29, 0.717) is 6.54 Å². The molecule has 1 aliphatic rings. The second-order valence-corrected chi connectivity index (χ2v) is 4.75. The van der Waals surface area contributed by atoms with E-state index in [1.54, 1.807) is 0 Å². The highest BCUT2D eigenvalue weighted by Crippen LogP contribution is 2.20. The number of carbonyl (C=O) groups excluding carboxylic acids is 1. The molecule has 1 heterocycles. The lowest BCUT2D eigenvalue weighted by molar-refractivity contribution is -0.132. The minimum atomic E-state index is -0.0475. The topological polar surface area (TPSA) is 58.4 Å². The molecule has 0 aliphatic carbocycles. The number of carbonyl (C=O) groups is 1. The molecule has 82 valence electrons. The molecular weight excluding hydrogens is 178 g/mol. The van der Waals surface area contributed by atoms with Crippen LogP contribution in [0.4, 0.5) is 0 Å². The second-order valence-electron chi connectivity index (χ2n) is 4.75. The first kappa shape index (κ1) is 11.5. The van der Waals surface area contributed by atoms with Gasteiger partial charge in [-0.05, 0) is 33.7 Å². The van der Waals surface area contributed by atoms with Crippen molar-refractivity contribution in [1.29, 1.82) is 0 Å². The van der Waals surface area contributed by atoms with Crippen LogP contribution in [-0.4, -0.2) is 42.0 Å². The van der Waals surface area contributed by atoms with Crippen LogP contribution in [0.3, 0.4) is 0 Å². The van der Waals surface area contributed by atoms with Crippen LogP contribution in [0.5, 0.6) is 0 Å². The smallest absolute Gasteiger partial charge is 0.237 e. The van der Waals surface area contributed by atoms with Crippen molar-refractivity contribution >= 4 is 5.91 Å². The molecule has 1 atom stereocenters. The molecule has 1 amide bonds. The van der Waals surface area contributed by atoms with Crippen LogP contribution in [0, 0.1) is 0 Å².